The SMILES string of the molecule is CC(C)(C)OC(=O)N1CCCC1C(=O)N[C@H]1CCC[C@@H](c2c[nH]c3ccc(Cl)cc23)C1. The van der Waals surface area contributed by atoms with Crippen LogP contribution in [0, 0.1) is 0 Å². The largest absolute Gasteiger partial charge is 0.444 e. The van der Waals surface area contributed by atoms with Gasteiger partial charge >= 0.3 is 6.09 Å². The van der Waals surface area contributed by atoms with Gasteiger partial charge in [0.1, 0.15) is 11.6 Å². The minimum Gasteiger partial charge on any atom is -0.444 e. The number of aromatic amines is 1. The van der Waals surface area contributed by atoms with Crippen molar-refractivity contribution in [2.45, 2.75) is 82.9 Å². The van der Waals surface area contributed by atoms with E-state index in [0.717, 1.165) is 48.0 Å². The van der Waals surface area contributed by atoms with Crippen molar-refractivity contribution < 1.29 is 14.3 Å². The second-order valence-corrected chi connectivity index (χ2v) is 10.3. The van der Waals surface area contributed by atoms with Crippen LogP contribution in [0.15, 0.2) is 24.4 Å². The fourth-order valence-corrected chi connectivity index (χ4v) is 5.10. The van der Waals surface area contributed by atoms with Crippen molar-refractivity contribution in [3.8, 4) is 0 Å². The summed E-state index contributed by atoms with van der Waals surface area (Å²) in [7, 11) is 0. The first kappa shape index (κ1) is 22.0. The summed E-state index contributed by atoms with van der Waals surface area (Å²) in [5.74, 6) is 0.313. The van der Waals surface area contributed by atoms with Crippen LogP contribution >= 0.6 is 11.6 Å². The molecule has 1 aromatic carbocycles. The second-order valence-electron chi connectivity index (χ2n) is 9.83. The fraction of sp³-hybridized carbons (Fsp3) is 0.583. The summed E-state index contributed by atoms with van der Waals surface area (Å²) in [5, 5.41) is 5.13. The van der Waals surface area contributed by atoms with Crippen LogP contribution in [-0.4, -0.2) is 46.1 Å². The van der Waals surface area contributed by atoms with E-state index in [1.54, 1.807) is 4.90 Å². The molecule has 7 heteroatoms. The van der Waals surface area contributed by atoms with Crippen molar-refractivity contribution >= 4 is 34.5 Å². The van der Waals surface area contributed by atoms with E-state index >= 15 is 0 Å². The molecule has 2 N–H and O–H groups in total. The van der Waals surface area contributed by atoms with Gasteiger partial charge < -0.3 is 15.0 Å². The van der Waals surface area contributed by atoms with E-state index < -0.39 is 17.7 Å². The van der Waals surface area contributed by atoms with E-state index in [1.165, 1.54) is 5.56 Å². The van der Waals surface area contributed by atoms with Crippen LogP contribution in [-0.2, 0) is 9.53 Å². The van der Waals surface area contributed by atoms with Crippen LogP contribution in [0.3, 0.4) is 0 Å². The average molecular weight is 446 g/mol. The van der Waals surface area contributed by atoms with Gasteiger partial charge in [-0.1, -0.05) is 18.0 Å². The fourth-order valence-electron chi connectivity index (χ4n) is 4.93. The third-order valence-corrected chi connectivity index (χ3v) is 6.55. The summed E-state index contributed by atoms with van der Waals surface area (Å²) < 4.78 is 5.50. The lowest BCUT2D eigenvalue weighted by Crippen LogP contribution is -2.50. The third-order valence-electron chi connectivity index (χ3n) is 6.32. The van der Waals surface area contributed by atoms with Crippen molar-refractivity contribution in [2.75, 3.05) is 6.54 Å². The molecule has 1 aromatic heterocycles. The maximum atomic E-state index is 13.1. The first-order valence-corrected chi connectivity index (χ1v) is 11.7. The molecule has 0 radical (unpaired) electrons. The number of fused-ring (bicyclic) bond motifs is 1. The number of hydrogen-bond donors (Lipinski definition) is 2. The molecule has 1 saturated heterocycles. The highest BCUT2D eigenvalue weighted by atomic mass is 35.5. The first-order valence-electron chi connectivity index (χ1n) is 11.3. The molecule has 31 heavy (non-hydrogen) atoms. The standard InChI is InChI=1S/C24H32ClN3O3/c1-24(2,3)31-23(30)28-11-5-8-21(28)22(29)27-17-7-4-6-15(12-17)19-14-26-20-10-9-16(25)13-18(19)20/h9-10,13-15,17,21,26H,4-8,11-12H2,1-3H3,(H,27,29)/t15-,17+,21?/m1/s1. The van der Waals surface area contributed by atoms with Crippen molar-refractivity contribution in [3.63, 3.8) is 0 Å². The number of hydrogen-bond acceptors (Lipinski definition) is 3. The topological polar surface area (TPSA) is 74.4 Å². The third kappa shape index (κ3) is 5.00. The average Bonchev–Trinajstić information content (AvgIpc) is 3.34. The molecule has 0 bridgehead atoms. The molecular weight excluding hydrogens is 414 g/mol. The Hall–Kier alpha value is -2.21. The number of aromatic nitrogens is 1. The Morgan fingerprint density at radius 2 is 2.00 bits per heavy atom. The number of nitrogens with one attached hydrogen (secondary N) is 2. The number of rotatable bonds is 3. The monoisotopic (exact) mass is 445 g/mol. The molecule has 1 aliphatic carbocycles. The zero-order valence-corrected chi connectivity index (χ0v) is 19.3. The van der Waals surface area contributed by atoms with Gasteiger partial charge in [0, 0.05) is 34.7 Å². The lowest BCUT2D eigenvalue weighted by Gasteiger charge is -2.32. The Labute approximate surface area is 188 Å². The van der Waals surface area contributed by atoms with Gasteiger partial charge in [-0.2, -0.15) is 0 Å². The minimum atomic E-state index is -0.570. The summed E-state index contributed by atoms with van der Waals surface area (Å²) in [5.41, 5.74) is 1.79. The molecule has 168 valence electrons. The number of H-pyrrole nitrogens is 1. The van der Waals surface area contributed by atoms with Crippen LogP contribution in [0.1, 0.15) is 70.8 Å². The zero-order valence-electron chi connectivity index (χ0n) is 18.5. The Kier molecular flexibility index (Phi) is 6.20. The number of halogens is 1. The quantitative estimate of drug-likeness (QED) is 0.667. The van der Waals surface area contributed by atoms with Gasteiger partial charge in [0.05, 0.1) is 0 Å². The van der Waals surface area contributed by atoms with E-state index in [0.29, 0.717) is 18.9 Å². The number of benzene rings is 1. The number of ether oxygens (including phenoxy) is 1. The summed E-state index contributed by atoms with van der Waals surface area (Å²) in [6, 6.07) is 5.58. The number of nitrogens with zero attached hydrogens (tertiary/aromatic N) is 1. The summed E-state index contributed by atoms with van der Waals surface area (Å²) in [6.45, 7) is 6.10. The van der Waals surface area contributed by atoms with Crippen LogP contribution in [0.2, 0.25) is 5.02 Å². The lowest BCUT2D eigenvalue weighted by atomic mass is 9.81. The van der Waals surface area contributed by atoms with E-state index in [2.05, 4.69) is 16.5 Å². The molecule has 2 fully saturated rings. The molecule has 4 rings (SSSR count). The van der Waals surface area contributed by atoms with Gasteiger partial charge in [-0.3, -0.25) is 9.69 Å². The van der Waals surface area contributed by atoms with Crippen LogP contribution in [0.25, 0.3) is 10.9 Å². The summed E-state index contributed by atoms with van der Waals surface area (Å²) >= 11 is 6.22. The highest BCUT2D eigenvalue weighted by Gasteiger charge is 2.38. The van der Waals surface area contributed by atoms with E-state index in [4.69, 9.17) is 16.3 Å². The number of carbonyl (C=O) groups excluding carboxylic acids is 2. The van der Waals surface area contributed by atoms with Crippen molar-refractivity contribution in [2.24, 2.45) is 0 Å². The minimum absolute atomic E-state index is 0.0593. The van der Waals surface area contributed by atoms with E-state index in [-0.39, 0.29) is 11.9 Å². The van der Waals surface area contributed by atoms with Gasteiger partial charge in [0.15, 0.2) is 0 Å². The molecule has 2 heterocycles. The second kappa shape index (κ2) is 8.73. The van der Waals surface area contributed by atoms with Gasteiger partial charge in [-0.25, -0.2) is 4.79 Å². The molecule has 1 unspecified atom stereocenters. The number of likely N-dealkylation sites (tertiary alicyclic amines) is 1. The van der Waals surface area contributed by atoms with Gasteiger partial charge in [0.25, 0.3) is 0 Å². The molecule has 1 aliphatic heterocycles. The number of carbonyl (C=O) groups is 2. The summed E-state index contributed by atoms with van der Waals surface area (Å²) in [6.07, 6.45) is 7.19. The Morgan fingerprint density at radius 1 is 1.19 bits per heavy atom. The summed E-state index contributed by atoms with van der Waals surface area (Å²) in [4.78, 5) is 30.5. The molecule has 2 aliphatic rings. The van der Waals surface area contributed by atoms with E-state index in [9.17, 15) is 9.59 Å². The maximum absolute atomic E-state index is 13.1. The van der Waals surface area contributed by atoms with Crippen molar-refractivity contribution in [1.82, 2.24) is 15.2 Å². The van der Waals surface area contributed by atoms with Crippen LogP contribution in [0.5, 0.6) is 0 Å². The van der Waals surface area contributed by atoms with Gasteiger partial charge in [-0.05, 0) is 82.6 Å². The predicted molar refractivity (Wildman–Crippen MR) is 122 cm³/mol. The molecule has 3 atom stereocenters. The predicted octanol–water partition coefficient (Wildman–Crippen LogP) is 5.36. The van der Waals surface area contributed by atoms with Gasteiger partial charge in [0.2, 0.25) is 5.91 Å². The molecule has 0 spiro atoms. The van der Waals surface area contributed by atoms with Crippen LogP contribution < -0.4 is 5.32 Å². The van der Waals surface area contributed by atoms with Crippen molar-refractivity contribution in [1.29, 1.82) is 0 Å². The molecule has 2 aromatic rings. The normalized spacial score (nSPS) is 24.4. The zero-order chi connectivity index (χ0) is 22.2. The highest BCUT2D eigenvalue weighted by molar-refractivity contribution is 6.31. The molecule has 6 nitrogen and oxygen atoms in total. The Morgan fingerprint density at radius 3 is 2.77 bits per heavy atom. The molecular formula is C24H32ClN3O3. The maximum Gasteiger partial charge on any atom is 0.410 e. The Balaban J connectivity index is 1.41. The van der Waals surface area contributed by atoms with Gasteiger partial charge in [-0.15, -0.1) is 0 Å². The molecule has 2 amide bonds. The lowest BCUT2D eigenvalue weighted by molar-refractivity contribution is -0.126. The van der Waals surface area contributed by atoms with E-state index in [1.807, 2.05) is 39.0 Å². The van der Waals surface area contributed by atoms with Crippen molar-refractivity contribution in [3.05, 3.63) is 35.0 Å². The first-order chi connectivity index (χ1) is 14.7. The number of amides is 2. The van der Waals surface area contributed by atoms with Crippen LogP contribution in [0.4, 0.5) is 4.79 Å². The smallest absolute Gasteiger partial charge is 0.410 e. The highest BCUT2D eigenvalue weighted by Crippen LogP contribution is 2.37. The molecule has 1 saturated carbocycles. The Bertz CT molecular complexity index is 965.